The molecule has 3 rings (SSSR count). The molecular formula is C20H28N4O6S2. The first-order chi connectivity index (χ1) is 14.7. The van der Waals surface area contributed by atoms with Crippen LogP contribution in [-0.4, -0.2) is 50.3 Å². The number of hydrogen-bond acceptors (Lipinski definition) is 7. The van der Waals surface area contributed by atoms with E-state index in [1.165, 1.54) is 32.0 Å². The van der Waals surface area contributed by atoms with Crippen LogP contribution in [0, 0.1) is 13.8 Å². The third kappa shape index (κ3) is 5.03. The Morgan fingerprint density at radius 2 is 1.88 bits per heavy atom. The molecule has 1 aromatic carbocycles. The van der Waals surface area contributed by atoms with E-state index in [1.807, 2.05) is 0 Å². The number of aromatic nitrogens is 1. The molecule has 1 aromatic heterocycles. The third-order valence-corrected chi connectivity index (χ3v) is 8.80. The quantitative estimate of drug-likeness (QED) is 0.640. The Kier molecular flexibility index (Phi) is 6.53. The molecule has 1 fully saturated rings. The van der Waals surface area contributed by atoms with E-state index < -0.39 is 37.5 Å². The van der Waals surface area contributed by atoms with Crippen molar-refractivity contribution in [1.82, 2.24) is 14.2 Å². The molecule has 2 aromatic rings. The molecule has 1 aliphatic rings. The van der Waals surface area contributed by atoms with Gasteiger partial charge < -0.3 is 9.84 Å². The van der Waals surface area contributed by atoms with Gasteiger partial charge in [-0.3, -0.25) is 4.79 Å². The van der Waals surface area contributed by atoms with E-state index in [0.717, 1.165) is 4.31 Å². The van der Waals surface area contributed by atoms with Gasteiger partial charge in [-0.1, -0.05) is 11.2 Å². The molecule has 12 heteroatoms. The molecule has 0 unspecified atom stereocenters. The Morgan fingerprint density at radius 3 is 2.47 bits per heavy atom. The van der Waals surface area contributed by atoms with Crippen molar-refractivity contribution in [2.24, 2.45) is 0 Å². The normalized spacial score (nSPS) is 18.1. The number of hydrogen-bond donors (Lipinski definition) is 2. The fraction of sp³-hybridized carbons (Fsp3) is 0.500. The summed E-state index contributed by atoms with van der Waals surface area (Å²) in [5, 5.41) is 6.36. The summed E-state index contributed by atoms with van der Waals surface area (Å²) in [4.78, 5) is 12.9. The summed E-state index contributed by atoms with van der Waals surface area (Å²) in [6.07, 6.45) is 0.864. The van der Waals surface area contributed by atoms with Crippen molar-refractivity contribution in [2.75, 3.05) is 11.9 Å². The van der Waals surface area contributed by atoms with E-state index in [1.54, 1.807) is 26.8 Å². The Labute approximate surface area is 188 Å². The Hall–Kier alpha value is -2.28. The highest BCUT2D eigenvalue weighted by molar-refractivity contribution is 7.89. The molecule has 1 amide bonds. The van der Waals surface area contributed by atoms with Gasteiger partial charge in [0, 0.05) is 17.8 Å². The summed E-state index contributed by atoms with van der Waals surface area (Å²) >= 11 is 0. The molecule has 0 aliphatic carbocycles. The Balaban J connectivity index is 1.83. The fourth-order valence-electron chi connectivity index (χ4n) is 3.68. The van der Waals surface area contributed by atoms with Crippen LogP contribution in [0.3, 0.4) is 0 Å². The number of sulfonamides is 2. The van der Waals surface area contributed by atoms with Crippen LogP contribution in [0.1, 0.15) is 45.1 Å². The van der Waals surface area contributed by atoms with Gasteiger partial charge in [-0.05, 0) is 65.7 Å². The average molecular weight is 485 g/mol. The minimum atomic E-state index is -3.98. The van der Waals surface area contributed by atoms with E-state index in [2.05, 4.69) is 15.2 Å². The van der Waals surface area contributed by atoms with Crippen LogP contribution >= 0.6 is 0 Å². The maximum atomic E-state index is 13.2. The average Bonchev–Trinajstić information content (AvgIpc) is 3.27. The summed E-state index contributed by atoms with van der Waals surface area (Å²) in [5.41, 5.74) is -0.180. The zero-order valence-corrected chi connectivity index (χ0v) is 20.3. The predicted molar refractivity (Wildman–Crippen MR) is 118 cm³/mol. The minimum Gasteiger partial charge on any atom is -0.360 e. The van der Waals surface area contributed by atoms with Crippen LogP contribution < -0.4 is 10.0 Å². The van der Waals surface area contributed by atoms with E-state index in [9.17, 15) is 21.6 Å². The number of benzene rings is 1. The van der Waals surface area contributed by atoms with Crippen LogP contribution in [-0.2, 0) is 24.8 Å². The second-order valence-electron chi connectivity index (χ2n) is 8.80. The van der Waals surface area contributed by atoms with Crippen LogP contribution in [0.15, 0.2) is 38.6 Å². The lowest BCUT2D eigenvalue weighted by Crippen LogP contribution is -2.43. The monoisotopic (exact) mass is 484 g/mol. The maximum absolute atomic E-state index is 13.2. The highest BCUT2D eigenvalue weighted by Gasteiger charge is 2.42. The highest BCUT2D eigenvalue weighted by Crippen LogP contribution is 2.30. The first-order valence-corrected chi connectivity index (χ1v) is 13.0. The van der Waals surface area contributed by atoms with Gasteiger partial charge in [-0.2, -0.15) is 4.31 Å². The van der Waals surface area contributed by atoms with Crippen molar-refractivity contribution in [3.8, 4) is 0 Å². The van der Waals surface area contributed by atoms with Gasteiger partial charge in [-0.25, -0.2) is 21.6 Å². The van der Waals surface area contributed by atoms with Crippen LogP contribution in [0.2, 0.25) is 0 Å². The zero-order chi connectivity index (χ0) is 23.9. The van der Waals surface area contributed by atoms with Crippen molar-refractivity contribution in [1.29, 1.82) is 0 Å². The summed E-state index contributed by atoms with van der Waals surface area (Å²) in [7, 11) is -7.78. The standard InChI is InChI=1S/C20H28N4O6S2/c1-13-18(14(2)30-22-13)32(28,29)24-11-7-10-17(24)19(25)21-15-8-6-9-16(12-15)31(26,27)23-20(3,4)5/h6,8-9,12,17,23H,7,10-11H2,1-5H3,(H,21,25)/t17-/m0/s1. The van der Waals surface area contributed by atoms with Gasteiger partial charge in [0.15, 0.2) is 5.76 Å². The summed E-state index contributed by atoms with van der Waals surface area (Å²) in [5.74, 6) is -0.367. The second-order valence-corrected chi connectivity index (χ2v) is 12.3. The van der Waals surface area contributed by atoms with Gasteiger partial charge in [0.05, 0.1) is 4.90 Å². The summed E-state index contributed by atoms with van der Waals surface area (Å²) in [6.45, 7) is 8.41. The molecule has 1 aliphatic heterocycles. The molecule has 2 heterocycles. The largest absolute Gasteiger partial charge is 0.360 e. The molecule has 32 heavy (non-hydrogen) atoms. The third-order valence-electron chi connectivity index (χ3n) is 4.89. The first-order valence-electron chi connectivity index (χ1n) is 10.1. The first kappa shape index (κ1) is 24.4. The number of carbonyl (C=O) groups excluding carboxylic acids is 1. The van der Waals surface area contributed by atoms with Crippen molar-refractivity contribution in [3.63, 3.8) is 0 Å². The highest BCUT2D eigenvalue weighted by atomic mass is 32.2. The van der Waals surface area contributed by atoms with E-state index in [-0.39, 0.29) is 33.5 Å². The smallest absolute Gasteiger partial charge is 0.249 e. The Morgan fingerprint density at radius 1 is 1.19 bits per heavy atom. The van der Waals surface area contributed by atoms with Crippen LogP contribution in [0.4, 0.5) is 5.69 Å². The van der Waals surface area contributed by atoms with Crippen molar-refractivity contribution < 1.29 is 26.2 Å². The van der Waals surface area contributed by atoms with Gasteiger partial charge in [0.1, 0.15) is 16.6 Å². The van der Waals surface area contributed by atoms with Crippen molar-refractivity contribution in [2.45, 2.75) is 68.8 Å². The Bertz CT molecular complexity index is 1210. The molecule has 0 spiro atoms. The van der Waals surface area contributed by atoms with E-state index in [0.29, 0.717) is 12.8 Å². The minimum absolute atomic E-state index is 0.00292. The van der Waals surface area contributed by atoms with Crippen molar-refractivity contribution in [3.05, 3.63) is 35.7 Å². The van der Waals surface area contributed by atoms with Gasteiger partial charge in [-0.15, -0.1) is 0 Å². The molecular weight excluding hydrogens is 456 g/mol. The molecule has 2 N–H and O–H groups in total. The lowest BCUT2D eigenvalue weighted by Gasteiger charge is -2.23. The molecule has 176 valence electrons. The molecule has 0 bridgehead atoms. The van der Waals surface area contributed by atoms with Crippen molar-refractivity contribution >= 4 is 31.6 Å². The molecule has 1 saturated heterocycles. The van der Waals surface area contributed by atoms with Crippen LogP contribution in [0.25, 0.3) is 0 Å². The second kappa shape index (κ2) is 8.58. The number of anilines is 1. The lowest BCUT2D eigenvalue weighted by molar-refractivity contribution is -0.119. The van der Waals surface area contributed by atoms with Gasteiger partial charge >= 0.3 is 0 Å². The molecule has 1 atom stereocenters. The molecule has 0 saturated carbocycles. The summed E-state index contributed by atoms with van der Waals surface area (Å²) < 4.78 is 60.3. The number of carbonyl (C=O) groups is 1. The van der Waals surface area contributed by atoms with Gasteiger partial charge in [0.2, 0.25) is 26.0 Å². The predicted octanol–water partition coefficient (Wildman–Crippen LogP) is 2.16. The maximum Gasteiger partial charge on any atom is 0.249 e. The SMILES string of the molecule is Cc1noc(C)c1S(=O)(=O)N1CCC[C@H]1C(=O)Nc1cccc(S(=O)(=O)NC(C)(C)C)c1. The van der Waals surface area contributed by atoms with Crippen LogP contribution in [0.5, 0.6) is 0 Å². The number of rotatable bonds is 6. The fourth-order valence-corrected chi connectivity index (χ4v) is 7.09. The lowest BCUT2D eigenvalue weighted by atomic mass is 10.1. The van der Waals surface area contributed by atoms with E-state index >= 15 is 0 Å². The van der Waals surface area contributed by atoms with Gasteiger partial charge in [0.25, 0.3) is 0 Å². The topological polar surface area (TPSA) is 139 Å². The number of nitrogens with one attached hydrogen (secondary N) is 2. The molecule has 0 radical (unpaired) electrons. The van der Waals surface area contributed by atoms with E-state index in [4.69, 9.17) is 4.52 Å². The number of nitrogens with zero attached hydrogens (tertiary/aromatic N) is 2. The number of amides is 1. The zero-order valence-electron chi connectivity index (χ0n) is 18.7. The summed E-state index contributed by atoms with van der Waals surface area (Å²) in [6, 6.07) is 4.90. The number of aryl methyl sites for hydroxylation is 2. The molecule has 10 nitrogen and oxygen atoms in total.